The van der Waals surface area contributed by atoms with Crippen molar-refractivity contribution in [2.45, 2.75) is 32.7 Å². The molecule has 0 aliphatic carbocycles. The van der Waals surface area contributed by atoms with Gasteiger partial charge in [0.1, 0.15) is 0 Å². The van der Waals surface area contributed by atoms with Crippen LogP contribution in [0.1, 0.15) is 32.3 Å². The first-order chi connectivity index (χ1) is 9.04. The Bertz CT molecular complexity index is 490. The number of halogens is 1. The Labute approximate surface area is 118 Å². The lowest BCUT2D eigenvalue weighted by Gasteiger charge is -2.39. The lowest BCUT2D eigenvalue weighted by Crippen LogP contribution is -2.42. The maximum atomic E-state index is 8.94. The number of nitrogens with zero attached hydrogens (tertiary/aromatic N) is 2. The second-order valence-corrected chi connectivity index (χ2v) is 5.71. The van der Waals surface area contributed by atoms with E-state index < -0.39 is 0 Å². The van der Waals surface area contributed by atoms with Crippen molar-refractivity contribution in [1.29, 1.82) is 0 Å². The van der Waals surface area contributed by atoms with Crippen LogP contribution in [-0.2, 0) is 0 Å². The molecule has 1 heterocycles. The van der Waals surface area contributed by atoms with Gasteiger partial charge in [0.25, 0.3) is 0 Å². The molecule has 2 atom stereocenters. The first kappa shape index (κ1) is 14.0. The number of nitrogens with two attached hydrogens (primary N) is 1. The average molecular weight is 282 g/mol. The average Bonchev–Trinajstić information content (AvgIpc) is 2.40. The molecule has 5 heteroatoms. The minimum absolute atomic E-state index is 0.0611. The Morgan fingerprint density at radius 1 is 1.42 bits per heavy atom. The van der Waals surface area contributed by atoms with Gasteiger partial charge in [0.2, 0.25) is 0 Å². The fourth-order valence-corrected chi connectivity index (χ4v) is 2.95. The van der Waals surface area contributed by atoms with Crippen LogP contribution in [0.25, 0.3) is 0 Å². The summed E-state index contributed by atoms with van der Waals surface area (Å²) in [6.07, 6.45) is 2.38. The molecule has 1 aliphatic rings. The van der Waals surface area contributed by atoms with Gasteiger partial charge in [-0.05, 0) is 37.8 Å². The summed E-state index contributed by atoms with van der Waals surface area (Å²) in [6, 6.07) is 6.07. The molecule has 0 radical (unpaired) electrons. The Morgan fingerprint density at radius 2 is 2.16 bits per heavy atom. The van der Waals surface area contributed by atoms with Crippen molar-refractivity contribution < 1.29 is 5.21 Å². The molecule has 0 saturated carbocycles. The van der Waals surface area contributed by atoms with Crippen LogP contribution in [0, 0.1) is 5.92 Å². The van der Waals surface area contributed by atoms with E-state index in [9.17, 15) is 0 Å². The Morgan fingerprint density at radius 3 is 2.84 bits per heavy atom. The third-order valence-electron chi connectivity index (χ3n) is 3.78. The standard InChI is InChI=1S/C14H20ClN3O/c1-9-6-7-10(2)18(8-9)12-5-3-4-11(15)13(12)14(16)17-19/h3-5,9-10,19H,6-8H2,1-2H3,(H2,16,17). The zero-order valence-electron chi connectivity index (χ0n) is 11.3. The molecule has 19 heavy (non-hydrogen) atoms. The largest absolute Gasteiger partial charge is 0.409 e. The molecule has 1 aromatic rings. The third kappa shape index (κ3) is 2.78. The topological polar surface area (TPSA) is 61.8 Å². The van der Waals surface area contributed by atoms with E-state index >= 15 is 0 Å². The summed E-state index contributed by atoms with van der Waals surface area (Å²) in [5, 5.41) is 12.6. The highest BCUT2D eigenvalue weighted by molar-refractivity contribution is 6.34. The van der Waals surface area contributed by atoms with Crippen LogP contribution in [0.4, 0.5) is 5.69 Å². The lowest BCUT2D eigenvalue weighted by molar-refractivity contribution is 0.318. The zero-order chi connectivity index (χ0) is 14.0. The lowest BCUT2D eigenvalue weighted by atomic mass is 9.93. The summed E-state index contributed by atoms with van der Waals surface area (Å²) >= 11 is 6.21. The number of hydrogen-bond acceptors (Lipinski definition) is 3. The fourth-order valence-electron chi connectivity index (χ4n) is 2.68. The van der Waals surface area contributed by atoms with Crippen LogP contribution in [0.2, 0.25) is 5.02 Å². The predicted octanol–water partition coefficient (Wildman–Crippen LogP) is 3.06. The SMILES string of the molecule is CC1CCC(C)N(c2cccc(Cl)c2C(N)=NO)C1. The number of hydrogen-bond donors (Lipinski definition) is 2. The normalized spacial score (nSPS) is 24.6. The molecule has 104 valence electrons. The van der Waals surface area contributed by atoms with Crippen LogP contribution < -0.4 is 10.6 Å². The number of benzene rings is 1. The minimum Gasteiger partial charge on any atom is -0.409 e. The predicted molar refractivity (Wildman–Crippen MR) is 79.2 cm³/mol. The summed E-state index contributed by atoms with van der Waals surface area (Å²) < 4.78 is 0. The van der Waals surface area contributed by atoms with Gasteiger partial charge in [0.05, 0.1) is 10.6 Å². The van der Waals surface area contributed by atoms with E-state index in [0.717, 1.165) is 18.7 Å². The van der Waals surface area contributed by atoms with Crippen LogP contribution in [0.15, 0.2) is 23.4 Å². The third-order valence-corrected chi connectivity index (χ3v) is 4.10. The van der Waals surface area contributed by atoms with Gasteiger partial charge in [-0.15, -0.1) is 0 Å². The van der Waals surface area contributed by atoms with E-state index in [1.54, 1.807) is 6.07 Å². The quantitative estimate of drug-likeness (QED) is 0.379. The summed E-state index contributed by atoms with van der Waals surface area (Å²) in [4.78, 5) is 2.30. The maximum absolute atomic E-state index is 8.94. The summed E-state index contributed by atoms with van der Waals surface area (Å²) in [6.45, 7) is 5.41. The van der Waals surface area contributed by atoms with Crippen molar-refractivity contribution in [3.63, 3.8) is 0 Å². The number of amidine groups is 1. The Kier molecular flexibility index (Phi) is 4.20. The molecule has 1 saturated heterocycles. The first-order valence-electron chi connectivity index (χ1n) is 6.57. The zero-order valence-corrected chi connectivity index (χ0v) is 12.1. The number of piperidine rings is 1. The van der Waals surface area contributed by atoms with Gasteiger partial charge in [-0.2, -0.15) is 0 Å². The molecule has 1 aliphatic heterocycles. The van der Waals surface area contributed by atoms with Crippen LogP contribution in [-0.4, -0.2) is 23.6 Å². The van der Waals surface area contributed by atoms with Gasteiger partial charge >= 0.3 is 0 Å². The minimum atomic E-state index is 0.0611. The number of oxime groups is 1. The Hall–Kier alpha value is -1.42. The smallest absolute Gasteiger partial charge is 0.173 e. The number of anilines is 1. The first-order valence-corrected chi connectivity index (χ1v) is 6.95. The van der Waals surface area contributed by atoms with Crippen molar-refractivity contribution in [1.82, 2.24) is 0 Å². The van der Waals surface area contributed by atoms with Gasteiger partial charge in [-0.3, -0.25) is 0 Å². The van der Waals surface area contributed by atoms with E-state index in [-0.39, 0.29) is 5.84 Å². The van der Waals surface area contributed by atoms with Crippen LogP contribution >= 0.6 is 11.6 Å². The monoisotopic (exact) mass is 281 g/mol. The van der Waals surface area contributed by atoms with E-state index in [2.05, 4.69) is 23.9 Å². The molecule has 1 fully saturated rings. The highest BCUT2D eigenvalue weighted by Crippen LogP contribution is 2.33. The highest BCUT2D eigenvalue weighted by Gasteiger charge is 2.26. The molecule has 0 bridgehead atoms. The van der Waals surface area contributed by atoms with Gasteiger partial charge < -0.3 is 15.8 Å². The number of rotatable bonds is 2. The van der Waals surface area contributed by atoms with E-state index in [0.29, 0.717) is 22.5 Å². The van der Waals surface area contributed by atoms with Crippen molar-refractivity contribution in [3.05, 3.63) is 28.8 Å². The van der Waals surface area contributed by atoms with Gasteiger partial charge in [0.15, 0.2) is 5.84 Å². The summed E-state index contributed by atoms with van der Waals surface area (Å²) in [5.74, 6) is 0.696. The maximum Gasteiger partial charge on any atom is 0.173 e. The second kappa shape index (κ2) is 5.70. The molecule has 2 rings (SSSR count). The van der Waals surface area contributed by atoms with Crippen molar-refractivity contribution in [3.8, 4) is 0 Å². The molecule has 3 N–H and O–H groups in total. The van der Waals surface area contributed by atoms with Crippen molar-refractivity contribution in [2.24, 2.45) is 16.8 Å². The molecule has 4 nitrogen and oxygen atoms in total. The van der Waals surface area contributed by atoms with Crippen molar-refractivity contribution >= 4 is 23.1 Å². The van der Waals surface area contributed by atoms with Gasteiger partial charge in [-0.25, -0.2) is 0 Å². The Balaban J connectivity index is 2.46. The van der Waals surface area contributed by atoms with Gasteiger partial charge in [0, 0.05) is 18.3 Å². The van der Waals surface area contributed by atoms with Crippen molar-refractivity contribution in [2.75, 3.05) is 11.4 Å². The van der Waals surface area contributed by atoms with E-state index in [1.165, 1.54) is 6.42 Å². The second-order valence-electron chi connectivity index (χ2n) is 5.30. The fraction of sp³-hybridized carbons (Fsp3) is 0.500. The molecular weight excluding hydrogens is 262 g/mol. The van der Waals surface area contributed by atoms with Gasteiger partial charge in [-0.1, -0.05) is 29.7 Å². The molecular formula is C14H20ClN3O. The molecule has 0 aromatic heterocycles. The molecule has 1 aromatic carbocycles. The van der Waals surface area contributed by atoms with E-state index in [1.807, 2.05) is 12.1 Å². The van der Waals surface area contributed by atoms with Crippen LogP contribution in [0.3, 0.4) is 0 Å². The molecule has 0 amide bonds. The molecule has 0 spiro atoms. The summed E-state index contributed by atoms with van der Waals surface area (Å²) in [5.41, 5.74) is 7.34. The highest BCUT2D eigenvalue weighted by atomic mass is 35.5. The summed E-state index contributed by atoms with van der Waals surface area (Å²) in [7, 11) is 0. The van der Waals surface area contributed by atoms with E-state index in [4.69, 9.17) is 22.5 Å². The van der Waals surface area contributed by atoms with Crippen LogP contribution in [0.5, 0.6) is 0 Å². The molecule has 2 unspecified atom stereocenters.